The van der Waals surface area contributed by atoms with Gasteiger partial charge in [-0.3, -0.25) is 4.98 Å². The molecule has 3 N–H and O–H groups in total. The van der Waals surface area contributed by atoms with Crippen molar-refractivity contribution >= 4 is 11.6 Å². The molecular weight excluding hydrogens is 400 g/mol. The highest BCUT2D eigenvalue weighted by Gasteiger charge is 2.42. The van der Waals surface area contributed by atoms with E-state index >= 15 is 0 Å². The van der Waals surface area contributed by atoms with E-state index in [-0.39, 0.29) is 24.5 Å². The molecule has 2 aromatic heterocycles. The molecule has 0 radical (unpaired) electrons. The number of aliphatic hydroxyl groups excluding tert-OH is 2. The van der Waals surface area contributed by atoms with Gasteiger partial charge in [0.15, 0.2) is 5.82 Å². The zero-order valence-corrected chi connectivity index (χ0v) is 17.3. The lowest BCUT2D eigenvalue weighted by molar-refractivity contribution is 0.0716. The van der Waals surface area contributed by atoms with Crippen molar-refractivity contribution in [3.05, 3.63) is 77.3 Å². The second-order valence-corrected chi connectivity index (χ2v) is 8.18. The summed E-state index contributed by atoms with van der Waals surface area (Å²) in [6.45, 7) is 0.624. The Bertz CT molecular complexity index is 955. The van der Waals surface area contributed by atoms with Crippen molar-refractivity contribution in [3.8, 4) is 11.4 Å². The van der Waals surface area contributed by atoms with E-state index in [0.717, 1.165) is 16.8 Å². The van der Waals surface area contributed by atoms with Gasteiger partial charge in [-0.2, -0.15) is 0 Å². The smallest absolute Gasteiger partial charge is 0.160 e. The Morgan fingerprint density at radius 2 is 1.90 bits per heavy atom. The van der Waals surface area contributed by atoms with Crippen LogP contribution >= 0.6 is 11.6 Å². The normalized spacial score (nSPS) is 23.6. The molecule has 30 heavy (non-hydrogen) atoms. The SMILES string of the molecule is OCC1C(O)CC(NCc2ccc(Cl)cc2)C1Cc1ccnc(-c2cccnc2)n1. The molecule has 156 valence electrons. The van der Waals surface area contributed by atoms with Crippen molar-refractivity contribution in [1.29, 1.82) is 0 Å². The van der Waals surface area contributed by atoms with Crippen LogP contribution in [0.5, 0.6) is 0 Å². The molecule has 0 bridgehead atoms. The summed E-state index contributed by atoms with van der Waals surface area (Å²) in [5, 5.41) is 24.7. The van der Waals surface area contributed by atoms with Gasteiger partial charge in [-0.1, -0.05) is 23.7 Å². The van der Waals surface area contributed by atoms with Crippen molar-refractivity contribution in [2.24, 2.45) is 11.8 Å². The minimum absolute atomic E-state index is 0.0501. The third-order valence-corrected chi connectivity index (χ3v) is 6.08. The average molecular weight is 425 g/mol. The minimum atomic E-state index is -0.539. The summed E-state index contributed by atoms with van der Waals surface area (Å²) in [6.07, 6.45) is 5.92. The van der Waals surface area contributed by atoms with Crippen LogP contribution < -0.4 is 5.32 Å². The summed E-state index contributed by atoms with van der Waals surface area (Å²) in [5.74, 6) is 0.504. The van der Waals surface area contributed by atoms with Gasteiger partial charge < -0.3 is 15.5 Å². The molecule has 3 aromatic rings. The molecule has 6 nitrogen and oxygen atoms in total. The monoisotopic (exact) mass is 424 g/mol. The number of halogens is 1. The molecule has 2 heterocycles. The van der Waals surface area contributed by atoms with Crippen LogP contribution in [0.15, 0.2) is 61.1 Å². The Hall–Kier alpha value is -2.38. The van der Waals surface area contributed by atoms with Crippen molar-refractivity contribution in [2.75, 3.05) is 6.61 Å². The van der Waals surface area contributed by atoms with Gasteiger partial charge in [0.1, 0.15) is 0 Å². The maximum atomic E-state index is 10.5. The number of aromatic nitrogens is 3. The first-order chi connectivity index (χ1) is 14.6. The summed E-state index contributed by atoms with van der Waals surface area (Å²) in [4.78, 5) is 13.2. The minimum Gasteiger partial charge on any atom is -0.396 e. The Labute approximate surface area is 181 Å². The molecule has 4 atom stereocenters. The van der Waals surface area contributed by atoms with Crippen LogP contribution in [-0.4, -0.2) is 43.9 Å². The summed E-state index contributed by atoms with van der Waals surface area (Å²) in [5.41, 5.74) is 2.88. The van der Waals surface area contributed by atoms with Gasteiger partial charge in [-0.15, -0.1) is 0 Å². The summed E-state index contributed by atoms with van der Waals surface area (Å²) in [7, 11) is 0. The lowest BCUT2D eigenvalue weighted by atomic mass is 9.88. The zero-order valence-electron chi connectivity index (χ0n) is 16.5. The Kier molecular flexibility index (Phi) is 6.69. The van der Waals surface area contributed by atoms with Gasteiger partial charge in [0.25, 0.3) is 0 Å². The first kappa shape index (κ1) is 20.9. The fourth-order valence-electron chi connectivity index (χ4n) is 4.22. The van der Waals surface area contributed by atoms with Crippen LogP contribution in [-0.2, 0) is 13.0 Å². The van der Waals surface area contributed by atoms with Crippen molar-refractivity contribution in [2.45, 2.75) is 31.5 Å². The van der Waals surface area contributed by atoms with Gasteiger partial charge in [-0.25, -0.2) is 9.97 Å². The van der Waals surface area contributed by atoms with E-state index in [4.69, 9.17) is 16.6 Å². The average Bonchev–Trinajstić information content (AvgIpc) is 3.08. The van der Waals surface area contributed by atoms with E-state index in [9.17, 15) is 10.2 Å². The number of hydrogen-bond donors (Lipinski definition) is 3. The highest BCUT2D eigenvalue weighted by atomic mass is 35.5. The molecular formula is C23H25ClN4O2. The lowest BCUT2D eigenvalue weighted by Crippen LogP contribution is -2.36. The second kappa shape index (κ2) is 9.62. The summed E-state index contributed by atoms with van der Waals surface area (Å²) in [6, 6.07) is 13.5. The van der Waals surface area contributed by atoms with Crippen molar-refractivity contribution in [3.63, 3.8) is 0 Å². The number of pyridine rings is 1. The zero-order chi connectivity index (χ0) is 20.9. The maximum Gasteiger partial charge on any atom is 0.160 e. The second-order valence-electron chi connectivity index (χ2n) is 7.74. The molecule has 7 heteroatoms. The highest BCUT2D eigenvalue weighted by molar-refractivity contribution is 6.30. The van der Waals surface area contributed by atoms with Crippen LogP contribution in [0.4, 0.5) is 0 Å². The Morgan fingerprint density at radius 1 is 1.07 bits per heavy atom. The quantitative estimate of drug-likeness (QED) is 0.540. The standard InChI is InChI=1S/C23H25ClN4O2/c24-17-5-3-15(4-6-17)12-27-21-11-22(30)20(14-29)19(21)10-18-7-9-26-23(28-18)16-2-1-8-25-13-16/h1-9,13,19-22,27,29-30H,10-12,14H2. The molecule has 0 amide bonds. The van der Waals surface area contributed by atoms with Gasteiger partial charge in [0.2, 0.25) is 0 Å². The first-order valence-electron chi connectivity index (χ1n) is 10.1. The molecule has 1 aromatic carbocycles. The fraction of sp³-hybridized carbons (Fsp3) is 0.348. The lowest BCUT2D eigenvalue weighted by Gasteiger charge is -2.25. The number of nitrogens with zero attached hydrogens (tertiary/aromatic N) is 3. The predicted octanol–water partition coefficient (Wildman–Crippen LogP) is 2.88. The summed E-state index contributed by atoms with van der Waals surface area (Å²) >= 11 is 5.97. The van der Waals surface area contributed by atoms with Gasteiger partial charge in [0, 0.05) is 60.0 Å². The van der Waals surface area contributed by atoms with Gasteiger partial charge >= 0.3 is 0 Å². The molecule has 0 aliphatic heterocycles. The summed E-state index contributed by atoms with van der Waals surface area (Å²) < 4.78 is 0. The van der Waals surface area contributed by atoms with Crippen LogP contribution in [0.1, 0.15) is 17.7 Å². The van der Waals surface area contributed by atoms with Gasteiger partial charge in [-0.05, 0) is 54.7 Å². The van der Waals surface area contributed by atoms with E-state index < -0.39 is 6.10 Å². The number of aliphatic hydroxyl groups is 2. The van der Waals surface area contributed by atoms with E-state index in [1.54, 1.807) is 18.6 Å². The van der Waals surface area contributed by atoms with E-state index in [2.05, 4.69) is 15.3 Å². The number of benzene rings is 1. The molecule has 0 spiro atoms. The van der Waals surface area contributed by atoms with Crippen LogP contribution in [0.25, 0.3) is 11.4 Å². The van der Waals surface area contributed by atoms with E-state index in [1.807, 2.05) is 42.5 Å². The number of nitrogens with one attached hydrogen (secondary N) is 1. The van der Waals surface area contributed by atoms with Crippen LogP contribution in [0.2, 0.25) is 5.02 Å². The number of rotatable bonds is 7. The van der Waals surface area contributed by atoms with Crippen molar-refractivity contribution in [1.82, 2.24) is 20.3 Å². The van der Waals surface area contributed by atoms with E-state index in [0.29, 0.717) is 30.2 Å². The van der Waals surface area contributed by atoms with Crippen molar-refractivity contribution < 1.29 is 10.2 Å². The highest BCUT2D eigenvalue weighted by Crippen LogP contribution is 2.35. The van der Waals surface area contributed by atoms with Crippen LogP contribution in [0, 0.1) is 11.8 Å². The van der Waals surface area contributed by atoms with E-state index in [1.165, 1.54) is 0 Å². The molecule has 1 aliphatic carbocycles. The van der Waals surface area contributed by atoms with Gasteiger partial charge in [0.05, 0.1) is 6.10 Å². The first-order valence-corrected chi connectivity index (χ1v) is 10.5. The topological polar surface area (TPSA) is 91.2 Å². The third-order valence-electron chi connectivity index (χ3n) is 5.83. The third kappa shape index (κ3) is 4.84. The Morgan fingerprint density at radius 3 is 2.63 bits per heavy atom. The largest absolute Gasteiger partial charge is 0.396 e. The molecule has 4 rings (SSSR count). The molecule has 4 unspecified atom stereocenters. The number of hydrogen-bond acceptors (Lipinski definition) is 6. The molecule has 1 saturated carbocycles. The maximum absolute atomic E-state index is 10.5. The molecule has 1 aliphatic rings. The predicted molar refractivity (Wildman–Crippen MR) is 116 cm³/mol. The fourth-order valence-corrected chi connectivity index (χ4v) is 4.34. The van der Waals surface area contributed by atoms with Crippen LogP contribution in [0.3, 0.4) is 0 Å². The molecule has 0 saturated heterocycles. The molecule has 1 fully saturated rings. The Balaban J connectivity index is 1.50.